The summed E-state index contributed by atoms with van der Waals surface area (Å²) in [4.78, 5) is 19.7. The van der Waals surface area contributed by atoms with E-state index in [0.717, 1.165) is 5.82 Å². The highest BCUT2D eigenvalue weighted by Crippen LogP contribution is 2.18. The number of carbonyl (C=O) groups excluding carboxylic acids is 1. The second-order valence-electron chi connectivity index (χ2n) is 4.82. The number of halogens is 1. The number of hydrogen-bond acceptors (Lipinski definition) is 4. The number of carbonyl (C=O) groups is 1. The minimum absolute atomic E-state index is 0. The Morgan fingerprint density at radius 2 is 1.82 bits per heavy atom. The maximum absolute atomic E-state index is 11.3. The standard InChI is InChI=1S/C11H18N4O.ClH/c1-7(12)9(16)15-8-5-13-10(14-6-8)11(2,3)4;/h5-7H,12H2,1-4H3,(H,15,16);1H/t7-;/m0./s1. The predicted octanol–water partition coefficient (Wildman–Crippen LogP) is 1.48. The molecule has 1 aromatic heterocycles. The topological polar surface area (TPSA) is 80.9 Å². The van der Waals surface area contributed by atoms with Gasteiger partial charge < -0.3 is 11.1 Å². The van der Waals surface area contributed by atoms with E-state index in [0.29, 0.717) is 5.69 Å². The van der Waals surface area contributed by atoms with E-state index < -0.39 is 6.04 Å². The molecule has 0 fully saturated rings. The molecular formula is C11H19ClN4O. The normalized spacial score (nSPS) is 12.5. The van der Waals surface area contributed by atoms with Crippen molar-refractivity contribution in [2.45, 2.75) is 39.2 Å². The summed E-state index contributed by atoms with van der Waals surface area (Å²) in [6.45, 7) is 7.72. The molecule has 6 heteroatoms. The van der Waals surface area contributed by atoms with Gasteiger partial charge in [0.25, 0.3) is 0 Å². The molecule has 0 bridgehead atoms. The van der Waals surface area contributed by atoms with E-state index in [4.69, 9.17) is 5.73 Å². The number of nitrogens with one attached hydrogen (secondary N) is 1. The molecule has 0 aliphatic heterocycles. The van der Waals surface area contributed by atoms with Gasteiger partial charge in [-0.15, -0.1) is 12.4 Å². The quantitative estimate of drug-likeness (QED) is 0.842. The fraction of sp³-hybridized carbons (Fsp3) is 0.545. The number of aromatic nitrogens is 2. The maximum atomic E-state index is 11.3. The van der Waals surface area contributed by atoms with E-state index in [-0.39, 0.29) is 23.7 Å². The molecule has 1 rings (SSSR count). The minimum atomic E-state index is -0.540. The summed E-state index contributed by atoms with van der Waals surface area (Å²) in [6.07, 6.45) is 3.18. The van der Waals surface area contributed by atoms with Crippen molar-refractivity contribution in [3.05, 3.63) is 18.2 Å². The molecule has 0 spiro atoms. The third-order valence-electron chi connectivity index (χ3n) is 2.00. The fourth-order valence-corrected chi connectivity index (χ4v) is 1.04. The molecule has 0 unspecified atom stereocenters. The van der Waals surface area contributed by atoms with Crippen LogP contribution in [0.2, 0.25) is 0 Å². The SMILES string of the molecule is C[C@H](N)C(=O)Nc1cnc(C(C)(C)C)nc1.Cl. The average Bonchev–Trinajstić information content (AvgIpc) is 2.17. The Labute approximate surface area is 108 Å². The van der Waals surface area contributed by atoms with Gasteiger partial charge in [-0.25, -0.2) is 9.97 Å². The van der Waals surface area contributed by atoms with Crippen molar-refractivity contribution in [2.24, 2.45) is 5.73 Å². The smallest absolute Gasteiger partial charge is 0.241 e. The lowest BCUT2D eigenvalue weighted by Gasteiger charge is -2.16. The number of rotatable bonds is 2. The molecule has 1 heterocycles. The van der Waals surface area contributed by atoms with Crippen LogP contribution in [0.25, 0.3) is 0 Å². The van der Waals surface area contributed by atoms with E-state index in [1.54, 1.807) is 19.3 Å². The van der Waals surface area contributed by atoms with Crippen LogP contribution in [-0.2, 0) is 10.2 Å². The Morgan fingerprint density at radius 3 is 2.18 bits per heavy atom. The molecule has 1 aromatic rings. The summed E-state index contributed by atoms with van der Waals surface area (Å²) >= 11 is 0. The lowest BCUT2D eigenvalue weighted by Crippen LogP contribution is -2.32. The maximum Gasteiger partial charge on any atom is 0.241 e. The number of nitrogens with two attached hydrogens (primary N) is 1. The molecule has 0 saturated heterocycles. The Balaban J connectivity index is 0.00000256. The fourth-order valence-electron chi connectivity index (χ4n) is 1.04. The van der Waals surface area contributed by atoms with Gasteiger partial charge in [0.05, 0.1) is 24.1 Å². The first-order chi connectivity index (χ1) is 7.30. The highest BCUT2D eigenvalue weighted by atomic mass is 35.5. The van der Waals surface area contributed by atoms with Crippen LogP contribution < -0.4 is 11.1 Å². The monoisotopic (exact) mass is 258 g/mol. The summed E-state index contributed by atoms with van der Waals surface area (Å²) < 4.78 is 0. The summed E-state index contributed by atoms with van der Waals surface area (Å²) in [7, 11) is 0. The highest BCUT2D eigenvalue weighted by Gasteiger charge is 2.17. The summed E-state index contributed by atoms with van der Waals surface area (Å²) in [5.74, 6) is 0.499. The van der Waals surface area contributed by atoms with Crippen molar-refractivity contribution in [3.63, 3.8) is 0 Å². The van der Waals surface area contributed by atoms with Crippen LogP contribution >= 0.6 is 12.4 Å². The van der Waals surface area contributed by atoms with Crippen molar-refractivity contribution in [1.82, 2.24) is 9.97 Å². The molecule has 0 aromatic carbocycles. The largest absolute Gasteiger partial charge is 0.322 e. The molecule has 0 aliphatic carbocycles. The molecular weight excluding hydrogens is 240 g/mol. The summed E-state index contributed by atoms with van der Waals surface area (Å²) in [6, 6.07) is -0.540. The van der Waals surface area contributed by atoms with Crippen LogP contribution in [0.15, 0.2) is 12.4 Å². The first-order valence-corrected chi connectivity index (χ1v) is 5.19. The molecule has 1 atom stereocenters. The number of nitrogens with zero attached hydrogens (tertiary/aromatic N) is 2. The van der Waals surface area contributed by atoms with Crippen LogP contribution in [0, 0.1) is 0 Å². The van der Waals surface area contributed by atoms with Gasteiger partial charge in [0.1, 0.15) is 5.82 Å². The average molecular weight is 259 g/mol. The van der Waals surface area contributed by atoms with Gasteiger partial charge in [-0.2, -0.15) is 0 Å². The van der Waals surface area contributed by atoms with E-state index in [9.17, 15) is 4.79 Å². The van der Waals surface area contributed by atoms with Crippen molar-refractivity contribution in [2.75, 3.05) is 5.32 Å². The van der Waals surface area contributed by atoms with Crippen LogP contribution in [0.1, 0.15) is 33.5 Å². The first-order valence-electron chi connectivity index (χ1n) is 5.19. The van der Waals surface area contributed by atoms with Crippen LogP contribution in [0.3, 0.4) is 0 Å². The zero-order valence-corrected chi connectivity index (χ0v) is 11.3. The van der Waals surface area contributed by atoms with E-state index in [1.165, 1.54) is 0 Å². The third-order valence-corrected chi connectivity index (χ3v) is 2.00. The molecule has 96 valence electrons. The van der Waals surface area contributed by atoms with Crippen LogP contribution in [0.4, 0.5) is 5.69 Å². The molecule has 17 heavy (non-hydrogen) atoms. The Hall–Kier alpha value is -1.20. The molecule has 3 N–H and O–H groups in total. The molecule has 0 radical (unpaired) electrons. The molecule has 5 nitrogen and oxygen atoms in total. The van der Waals surface area contributed by atoms with E-state index in [2.05, 4.69) is 15.3 Å². The molecule has 0 aliphatic rings. The van der Waals surface area contributed by atoms with Gasteiger partial charge in [0.15, 0.2) is 0 Å². The first kappa shape index (κ1) is 15.8. The molecule has 1 amide bonds. The predicted molar refractivity (Wildman–Crippen MR) is 70.3 cm³/mol. The zero-order chi connectivity index (χ0) is 12.3. The van der Waals surface area contributed by atoms with Gasteiger partial charge >= 0.3 is 0 Å². The summed E-state index contributed by atoms with van der Waals surface area (Å²) in [5.41, 5.74) is 5.90. The third kappa shape index (κ3) is 4.66. The summed E-state index contributed by atoms with van der Waals surface area (Å²) in [5, 5.41) is 2.63. The molecule has 0 saturated carbocycles. The highest BCUT2D eigenvalue weighted by molar-refractivity contribution is 5.94. The zero-order valence-electron chi connectivity index (χ0n) is 10.5. The van der Waals surface area contributed by atoms with Crippen molar-refractivity contribution < 1.29 is 4.79 Å². The van der Waals surface area contributed by atoms with Crippen molar-refractivity contribution >= 4 is 24.0 Å². The van der Waals surface area contributed by atoms with Crippen molar-refractivity contribution in [1.29, 1.82) is 0 Å². The van der Waals surface area contributed by atoms with E-state index in [1.807, 2.05) is 20.8 Å². The second kappa shape index (κ2) is 5.93. The van der Waals surface area contributed by atoms with E-state index >= 15 is 0 Å². The van der Waals surface area contributed by atoms with Gasteiger partial charge in [0, 0.05) is 5.41 Å². The van der Waals surface area contributed by atoms with Crippen LogP contribution in [-0.4, -0.2) is 21.9 Å². The van der Waals surface area contributed by atoms with Gasteiger partial charge in [-0.05, 0) is 6.92 Å². The second-order valence-corrected chi connectivity index (χ2v) is 4.82. The Bertz CT molecular complexity index is 370. The number of amides is 1. The van der Waals surface area contributed by atoms with Crippen LogP contribution in [0.5, 0.6) is 0 Å². The number of hydrogen-bond donors (Lipinski definition) is 2. The minimum Gasteiger partial charge on any atom is -0.322 e. The lowest BCUT2D eigenvalue weighted by molar-refractivity contribution is -0.117. The number of anilines is 1. The van der Waals surface area contributed by atoms with Gasteiger partial charge in [0.2, 0.25) is 5.91 Å². The lowest BCUT2D eigenvalue weighted by atomic mass is 9.96. The van der Waals surface area contributed by atoms with Crippen molar-refractivity contribution in [3.8, 4) is 0 Å². The van der Waals surface area contributed by atoms with Gasteiger partial charge in [-0.3, -0.25) is 4.79 Å². The Kier molecular flexibility index (Phi) is 5.51. The Morgan fingerprint density at radius 1 is 1.35 bits per heavy atom. The van der Waals surface area contributed by atoms with Gasteiger partial charge in [-0.1, -0.05) is 20.8 Å².